The summed E-state index contributed by atoms with van der Waals surface area (Å²) in [6.07, 6.45) is 1.70. The lowest BCUT2D eigenvalue weighted by Crippen LogP contribution is -2.27. The number of aliphatic hydroxyl groups is 1. The Morgan fingerprint density at radius 1 is 1.50 bits per heavy atom. The topological polar surface area (TPSA) is 23.5 Å². The third-order valence-corrected chi connectivity index (χ3v) is 3.30. The SMILES string of the molecule is CC1CCCN1c1ccc(F)cc1[C@@H](C)O. The van der Waals surface area contributed by atoms with Crippen LogP contribution in [0.3, 0.4) is 0 Å². The molecule has 1 fully saturated rings. The average molecular weight is 223 g/mol. The molecule has 88 valence electrons. The predicted octanol–water partition coefficient (Wildman–Crippen LogP) is 2.87. The number of hydrogen-bond acceptors (Lipinski definition) is 2. The molecule has 1 unspecified atom stereocenters. The molecular formula is C13H18FNO. The second-order valence-electron chi connectivity index (χ2n) is 4.56. The second kappa shape index (κ2) is 4.42. The molecule has 2 atom stereocenters. The van der Waals surface area contributed by atoms with Crippen molar-refractivity contribution in [3.05, 3.63) is 29.6 Å². The largest absolute Gasteiger partial charge is 0.389 e. The summed E-state index contributed by atoms with van der Waals surface area (Å²) in [7, 11) is 0. The van der Waals surface area contributed by atoms with Crippen LogP contribution in [-0.2, 0) is 0 Å². The van der Waals surface area contributed by atoms with E-state index < -0.39 is 6.10 Å². The third-order valence-electron chi connectivity index (χ3n) is 3.30. The monoisotopic (exact) mass is 223 g/mol. The smallest absolute Gasteiger partial charge is 0.123 e. The van der Waals surface area contributed by atoms with Gasteiger partial charge in [0.2, 0.25) is 0 Å². The Bertz CT molecular complexity index is 378. The van der Waals surface area contributed by atoms with Gasteiger partial charge < -0.3 is 10.0 Å². The molecule has 0 aliphatic carbocycles. The molecular weight excluding hydrogens is 205 g/mol. The van der Waals surface area contributed by atoms with E-state index in [1.807, 2.05) is 0 Å². The molecule has 1 heterocycles. The molecule has 1 aliphatic heterocycles. The molecule has 2 nitrogen and oxygen atoms in total. The quantitative estimate of drug-likeness (QED) is 0.833. The Balaban J connectivity index is 2.39. The highest BCUT2D eigenvalue weighted by Gasteiger charge is 2.23. The Labute approximate surface area is 95.7 Å². The Morgan fingerprint density at radius 2 is 2.25 bits per heavy atom. The van der Waals surface area contributed by atoms with Gasteiger partial charge in [0.05, 0.1) is 6.10 Å². The van der Waals surface area contributed by atoms with Crippen LogP contribution >= 0.6 is 0 Å². The fourth-order valence-electron chi connectivity index (χ4n) is 2.41. The molecule has 3 heteroatoms. The van der Waals surface area contributed by atoms with Crippen LogP contribution in [0.2, 0.25) is 0 Å². The zero-order chi connectivity index (χ0) is 11.7. The van der Waals surface area contributed by atoms with Crippen molar-refractivity contribution in [3.8, 4) is 0 Å². The van der Waals surface area contributed by atoms with E-state index in [4.69, 9.17) is 0 Å². The number of benzene rings is 1. The number of aliphatic hydroxyl groups excluding tert-OH is 1. The molecule has 1 aromatic rings. The standard InChI is InChI=1S/C13H18FNO/c1-9-4-3-7-15(9)13-6-5-11(14)8-12(13)10(2)16/h5-6,8-10,16H,3-4,7H2,1-2H3/t9?,10-/m1/s1. The summed E-state index contributed by atoms with van der Waals surface area (Å²) in [4.78, 5) is 2.25. The molecule has 1 N–H and O–H groups in total. The highest BCUT2D eigenvalue weighted by molar-refractivity contribution is 5.56. The van der Waals surface area contributed by atoms with Crippen LogP contribution in [0.25, 0.3) is 0 Å². The van der Waals surface area contributed by atoms with Crippen LogP contribution in [0.1, 0.15) is 38.4 Å². The van der Waals surface area contributed by atoms with Crippen molar-refractivity contribution in [1.82, 2.24) is 0 Å². The van der Waals surface area contributed by atoms with Gasteiger partial charge in [-0.2, -0.15) is 0 Å². The first-order chi connectivity index (χ1) is 7.59. The Hall–Kier alpha value is -1.09. The molecule has 0 aromatic heterocycles. The first-order valence-electron chi connectivity index (χ1n) is 5.83. The molecule has 0 saturated carbocycles. The zero-order valence-electron chi connectivity index (χ0n) is 9.78. The first-order valence-corrected chi connectivity index (χ1v) is 5.83. The van der Waals surface area contributed by atoms with Gasteiger partial charge in [-0.25, -0.2) is 4.39 Å². The van der Waals surface area contributed by atoms with E-state index in [0.29, 0.717) is 11.6 Å². The maximum absolute atomic E-state index is 13.2. The van der Waals surface area contributed by atoms with Crippen molar-refractivity contribution in [2.45, 2.75) is 38.8 Å². The number of rotatable bonds is 2. The van der Waals surface area contributed by atoms with Gasteiger partial charge in [0, 0.05) is 23.8 Å². The van der Waals surface area contributed by atoms with Crippen molar-refractivity contribution in [3.63, 3.8) is 0 Å². The van der Waals surface area contributed by atoms with Crippen molar-refractivity contribution in [1.29, 1.82) is 0 Å². The predicted molar refractivity (Wildman–Crippen MR) is 63.1 cm³/mol. The fraction of sp³-hybridized carbons (Fsp3) is 0.538. The van der Waals surface area contributed by atoms with E-state index in [-0.39, 0.29) is 5.82 Å². The van der Waals surface area contributed by atoms with Crippen LogP contribution in [0.5, 0.6) is 0 Å². The lowest BCUT2D eigenvalue weighted by molar-refractivity contribution is 0.199. The molecule has 1 saturated heterocycles. The molecule has 0 spiro atoms. The van der Waals surface area contributed by atoms with Crippen molar-refractivity contribution in [2.75, 3.05) is 11.4 Å². The first kappa shape index (κ1) is 11.4. The fourth-order valence-corrected chi connectivity index (χ4v) is 2.41. The van der Waals surface area contributed by atoms with Gasteiger partial charge in [0.1, 0.15) is 5.82 Å². The summed E-state index contributed by atoms with van der Waals surface area (Å²) in [5.41, 5.74) is 1.66. The van der Waals surface area contributed by atoms with E-state index in [1.54, 1.807) is 13.0 Å². The summed E-state index contributed by atoms with van der Waals surface area (Å²) in [5, 5.41) is 9.68. The van der Waals surface area contributed by atoms with Crippen molar-refractivity contribution in [2.24, 2.45) is 0 Å². The van der Waals surface area contributed by atoms with Gasteiger partial charge in [0.25, 0.3) is 0 Å². The summed E-state index contributed by atoms with van der Waals surface area (Å²) in [5.74, 6) is -0.286. The molecule has 0 bridgehead atoms. The highest BCUT2D eigenvalue weighted by atomic mass is 19.1. The Morgan fingerprint density at radius 3 is 2.81 bits per heavy atom. The van der Waals surface area contributed by atoms with Gasteiger partial charge in [-0.05, 0) is 44.9 Å². The van der Waals surface area contributed by atoms with Crippen molar-refractivity contribution < 1.29 is 9.50 Å². The van der Waals surface area contributed by atoms with Crippen LogP contribution in [-0.4, -0.2) is 17.7 Å². The van der Waals surface area contributed by atoms with Gasteiger partial charge in [-0.1, -0.05) is 0 Å². The van der Waals surface area contributed by atoms with Crippen LogP contribution < -0.4 is 4.90 Å². The van der Waals surface area contributed by atoms with E-state index in [9.17, 15) is 9.50 Å². The van der Waals surface area contributed by atoms with Gasteiger partial charge in [0.15, 0.2) is 0 Å². The third kappa shape index (κ3) is 2.05. The van der Waals surface area contributed by atoms with Crippen LogP contribution in [0.15, 0.2) is 18.2 Å². The number of halogens is 1. The lowest BCUT2D eigenvalue weighted by Gasteiger charge is -2.27. The molecule has 0 radical (unpaired) electrons. The minimum absolute atomic E-state index is 0.286. The van der Waals surface area contributed by atoms with E-state index in [2.05, 4.69) is 11.8 Å². The van der Waals surface area contributed by atoms with Gasteiger partial charge >= 0.3 is 0 Å². The van der Waals surface area contributed by atoms with Crippen molar-refractivity contribution >= 4 is 5.69 Å². The van der Waals surface area contributed by atoms with E-state index in [1.165, 1.54) is 12.1 Å². The summed E-state index contributed by atoms with van der Waals surface area (Å²) >= 11 is 0. The molecule has 1 aromatic carbocycles. The normalized spacial score (nSPS) is 22.5. The molecule has 2 rings (SSSR count). The average Bonchev–Trinajstić information content (AvgIpc) is 2.64. The minimum Gasteiger partial charge on any atom is -0.389 e. The van der Waals surface area contributed by atoms with E-state index >= 15 is 0 Å². The maximum Gasteiger partial charge on any atom is 0.123 e. The second-order valence-corrected chi connectivity index (χ2v) is 4.56. The van der Waals surface area contributed by atoms with Crippen LogP contribution in [0, 0.1) is 5.82 Å². The van der Waals surface area contributed by atoms with Crippen LogP contribution in [0.4, 0.5) is 10.1 Å². The lowest BCUT2D eigenvalue weighted by atomic mass is 10.1. The minimum atomic E-state index is -0.626. The zero-order valence-corrected chi connectivity index (χ0v) is 9.78. The number of hydrogen-bond donors (Lipinski definition) is 1. The van der Waals surface area contributed by atoms with Gasteiger partial charge in [-0.15, -0.1) is 0 Å². The van der Waals surface area contributed by atoms with E-state index in [0.717, 1.165) is 25.1 Å². The number of anilines is 1. The number of nitrogens with zero attached hydrogens (tertiary/aromatic N) is 1. The molecule has 1 aliphatic rings. The highest BCUT2D eigenvalue weighted by Crippen LogP contribution is 2.32. The Kier molecular flexibility index (Phi) is 3.15. The summed E-state index contributed by atoms with van der Waals surface area (Å²) < 4.78 is 13.2. The summed E-state index contributed by atoms with van der Waals surface area (Å²) in [6.45, 7) is 4.84. The maximum atomic E-state index is 13.2. The van der Waals surface area contributed by atoms with Gasteiger partial charge in [-0.3, -0.25) is 0 Å². The molecule has 16 heavy (non-hydrogen) atoms. The molecule has 0 amide bonds. The summed E-state index contributed by atoms with van der Waals surface area (Å²) in [6, 6.07) is 5.15.